The van der Waals surface area contributed by atoms with E-state index in [1.807, 2.05) is 0 Å². The molecular weight excluding hydrogens is 687 g/mol. The fourth-order valence-electron chi connectivity index (χ4n) is 10.0. The highest BCUT2D eigenvalue weighted by atomic mass is 31.1. The first-order valence-corrected chi connectivity index (χ1v) is 22.9. The van der Waals surface area contributed by atoms with Crippen LogP contribution in [-0.2, 0) is 12.3 Å². The van der Waals surface area contributed by atoms with Crippen LogP contribution in [-0.4, -0.2) is 10.3 Å². The van der Waals surface area contributed by atoms with Gasteiger partial charge in [-0.3, -0.25) is 0 Å². The molecular formula is C52H48P2. The summed E-state index contributed by atoms with van der Waals surface area (Å²) < 4.78 is 0. The number of hydrogen-bond donors (Lipinski definition) is 0. The zero-order chi connectivity index (χ0) is 36.9. The largest absolute Gasteiger partial charge is 0.0880 e. The fraction of sp³-hybridized carbons (Fsp3) is 0.231. The molecule has 2 heteroatoms. The Morgan fingerprint density at radius 1 is 0.352 bits per heavy atom. The van der Waals surface area contributed by atoms with Crippen LogP contribution in [0.2, 0.25) is 0 Å². The van der Waals surface area contributed by atoms with Crippen LogP contribution in [0.3, 0.4) is 0 Å². The van der Waals surface area contributed by atoms with Gasteiger partial charge in [-0.15, -0.1) is 0 Å². The number of hydrogen-bond acceptors (Lipinski definition) is 0. The number of rotatable bonds is 1. The van der Waals surface area contributed by atoms with E-state index < -0.39 is 15.8 Å². The van der Waals surface area contributed by atoms with Gasteiger partial charge in [0.1, 0.15) is 0 Å². The summed E-state index contributed by atoms with van der Waals surface area (Å²) in [6.45, 7) is 15.3. The lowest BCUT2D eigenvalue weighted by atomic mass is 9.83. The minimum absolute atomic E-state index is 0.123. The third-order valence-electron chi connectivity index (χ3n) is 12.5. The summed E-state index contributed by atoms with van der Waals surface area (Å²) >= 11 is 0. The van der Waals surface area contributed by atoms with E-state index in [-0.39, 0.29) is 10.3 Å². The zero-order valence-electron chi connectivity index (χ0n) is 32.3. The van der Waals surface area contributed by atoms with Crippen LogP contribution in [0.5, 0.6) is 0 Å². The van der Waals surface area contributed by atoms with Crippen molar-refractivity contribution in [2.45, 2.75) is 75.5 Å². The Hall–Kier alpha value is -4.34. The summed E-state index contributed by atoms with van der Waals surface area (Å²) in [6, 6.07) is 56.5. The molecule has 4 atom stereocenters. The maximum Gasteiger partial charge on any atom is 0.0165 e. The summed E-state index contributed by atoms with van der Waals surface area (Å²) in [6.07, 6.45) is 2.24. The molecule has 0 amide bonds. The monoisotopic (exact) mass is 734 g/mol. The highest BCUT2D eigenvalue weighted by Gasteiger charge is 2.48. The highest BCUT2D eigenvalue weighted by Crippen LogP contribution is 2.79. The normalized spacial score (nSPS) is 19.9. The van der Waals surface area contributed by atoms with Crippen molar-refractivity contribution in [2.24, 2.45) is 0 Å². The molecule has 8 aromatic carbocycles. The summed E-state index contributed by atoms with van der Waals surface area (Å²) in [5.74, 6) is 0. The van der Waals surface area contributed by atoms with Gasteiger partial charge in [0.05, 0.1) is 0 Å². The highest BCUT2D eigenvalue weighted by molar-refractivity contribution is 7.63. The van der Waals surface area contributed by atoms with Crippen molar-refractivity contribution < 1.29 is 0 Å². The Morgan fingerprint density at radius 2 is 0.648 bits per heavy atom. The molecule has 0 fully saturated rings. The predicted octanol–water partition coefficient (Wildman–Crippen LogP) is 16.0. The van der Waals surface area contributed by atoms with Crippen molar-refractivity contribution in [3.63, 3.8) is 0 Å². The molecule has 0 N–H and O–H groups in total. The van der Waals surface area contributed by atoms with Crippen LogP contribution in [0.25, 0.3) is 65.3 Å². The Bertz CT molecular complexity index is 2580. The van der Waals surface area contributed by atoms with Gasteiger partial charge < -0.3 is 0 Å². The van der Waals surface area contributed by atoms with E-state index in [4.69, 9.17) is 0 Å². The summed E-state index contributed by atoms with van der Waals surface area (Å²) in [5.41, 5.74) is 12.8. The van der Waals surface area contributed by atoms with Gasteiger partial charge >= 0.3 is 0 Å². The minimum Gasteiger partial charge on any atom is -0.0880 e. The van der Waals surface area contributed by atoms with Crippen molar-refractivity contribution in [2.75, 3.05) is 0 Å². The lowest BCUT2D eigenvalue weighted by molar-refractivity contribution is 0.723. The van der Waals surface area contributed by atoms with Gasteiger partial charge in [0.25, 0.3) is 0 Å². The first-order chi connectivity index (χ1) is 26.1. The van der Waals surface area contributed by atoms with E-state index in [9.17, 15) is 0 Å². The van der Waals surface area contributed by atoms with Crippen LogP contribution in [0, 0.1) is 0 Å². The third-order valence-corrected chi connectivity index (χ3v) is 20.0. The SMILES string of the molecule is CC(C)(C)P1Cc2ccc3ccccc3c2-c2c(ccc3ccccc23)C1[C@@H]1c2ccc3ccccc3c2-c2c(ccc3ccccc23)CP1C(C)(C)C. The number of benzene rings is 8. The second-order valence-corrected chi connectivity index (χ2v) is 23.9. The Balaban J connectivity index is 1.38. The van der Waals surface area contributed by atoms with E-state index >= 15 is 0 Å². The minimum atomic E-state index is -0.557. The van der Waals surface area contributed by atoms with E-state index in [2.05, 4.69) is 187 Å². The zero-order valence-corrected chi connectivity index (χ0v) is 34.1. The second kappa shape index (κ2) is 12.6. The maximum atomic E-state index is 2.59. The lowest BCUT2D eigenvalue weighted by Gasteiger charge is -2.48. The molecule has 0 aromatic heterocycles. The van der Waals surface area contributed by atoms with Crippen molar-refractivity contribution in [3.05, 3.63) is 168 Å². The van der Waals surface area contributed by atoms with Gasteiger partial charge in [0.15, 0.2) is 0 Å². The molecule has 266 valence electrons. The molecule has 0 saturated heterocycles. The molecule has 0 nitrogen and oxygen atoms in total. The first kappa shape index (κ1) is 34.2. The summed E-state index contributed by atoms with van der Waals surface area (Å²) in [4.78, 5) is 0. The predicted molar refractivity (Wildman–Crippen MR) is 240 cm³/mol. The van der Waals surface area contributed by atoms with Crippen LogP contribution in [0.1, 0.15) is 75.1 Å². The molecule has 0 radical (unpaired) electrons. The van der Waals surface area contributed by atoms with E-state index in [0.29, 0.717) is 11.3 Å². The standard InChI is InChI=1S/C52H48P2/c1-51(2,3)53-31-37-25-23-33-15-7-11-19-39(33)45(37)47-41-21-13-9-17-35(41)27-29-43(47)49(53)50-44-30-28-36-18-10-14-22-42(36)48(44)46-38(32-54(50)52(4,5)6)26-24-34-16-8-12-20-40(34)46/h7-30,49-50H,31-32H2,1-6H3/t49-,50?,53?,54?/m0/s1. The average molecular weight is 735 g/mol. The van der Waals surface area contributed by atoms with E-state index in [1.165, 1.54) is 76.5 Å². The fourth-order valence-corrected chi connectivity index (χ4v) is 17.3. The molecule has 10 rings (SSSR count). The van der Waals surface area contributed by atoms with Gasteiger partial charge in [-0.25, -0.2) is 0 Å². The Labute approximate surface area is 323 Å². The van der Waals surface area contributed by atoms with Crippen LogP contribution >= 0.6 is 15.8 Å². The van der Waals surface area contributed by atoms with Crippen molar-refractivity contribution in [1.82, 2.24) is 0 Å². The van der Waals surface area contributed by atoms with E-state index in [0.717, 1.165) is 12.3 Å². The molecule has 54 heavy (non-hydrogen) atoms. The van der Waals surface area contributed by atoms with Crippen LogP contribution < -0.4 is 0 Å². The van der Waals surface area contributed by atoms with Crippen LogP contribution in [0.15, 0.2) is 146 Å². The number of fused-ring (bicyclic) bond motifs is 14. The molecule has 2 heterocycles. The van der Waals surface area contributed by atoms with Gasteiger partial charge in [0.2, 0.25) is 0 Å². The van der Waals surface area contributed by atoms with Crippen LogP contribution in [0.4, 0.5) is 0 Å². The van der Waals surface area contributed by atoms with Gasteiger partial charge in [0, 0.05) is 11.3 Å². The summed E-state index contributed by atoms with van der Waals surface area (Å²) in [5, 5.41) is 11.1. The Morgan fingerprint density at radius 3 is 0.981 bits per heavy atom. The quantitative estimate of drug-likeness (QED) is 0.147. The maximum absolute atomic E-state index is 2.59. The lowest BCUT2D eigenvalue weighted by Crippen LogP contribution is -2.25. The van der Waals surface area contributed by atoms with Gasteiger partial charge in [-0.1, -0.05) is 203 Å². The van der Waals surface area contributed by atoms with Crippen molar-refractivity contribution in [3.8, 4) is 22.3 Å². The Kier molecular flexibility index (Phi) is 7.97. The molecule has 0 aliphatic carbocycles. The molecule has 3 unspecified atom stereocenters. The van der Waals surface area contributed by atoms with Gasteiger partial charge in [-0.2, -0.15) is 0 Å². The van der Waals surface area contributed by atoms with Crippen molar-refractivity contribution in [1.29, 1.82) is 0 Å². The third kappa shape index (κ3) is 5.32. The van der Waals surface area contributed by atoms with Crippen molar-refractivity contribution >= 4 is 58.9 Å². The molecule has 2 aliphatic heterocycles. The molecule has 8 aromatic rings. The smallest absolute Gasteiger partial charge is 0.0165 e. The topological polar surface area (TPSA) is 0 Å². The molecule has 0 saturated carbocycles. The summed E-state index contributed by atoms with van der Waals surface area (Å²) in [7, 11) is -1.11. The average Bonchev–Trinajstić information content (AvgIpc) is 3.43. The second-order valence-electron chi connectivity index (χ2n) is 17.6. The molecule has 0 bridgehead atoms. The first-order valence-electron chi connectivity index (χ1n) is 19.7. The van der Waals surface area contributed by atoms with Gasteiger partial charge in [-0.05, 0) is 110 Å². The molecule has 2 aliphatic rings. The molecule has 0 spiro atoms. The van der Waals surface area contributed by atoms with E-state index in [1.54, 1.807) is 11.1 Å².